The van der Waals surface area contributed by atoms with E-state index in [1.54, 1.807) is 36.4 Å². The molecule has 2 aromatic carbocycles. The van der Waals surface area contributed by atoms with Crippen molar-refractivity contribution in [3.05, 3.63) is 58.6 Å². The number of benzene rings is 2. The Balaban J connectivity index is 1.80. The van der Waals surface area contributed by atoms with E-state index in [9.17, 15) is 9.59 Å². The average molecular weight is 342 g/mol. The van der Waals surface area contributed by atoms with Gasteiger partial charge in [0, 0.05) is 16.9 Å². The quantitative estimate of drug-likeness (QED) is 0.927. The first kappa shape index (κ1) is 15.8. The first-order chi connectivity index (χ1) is 11.6. The second kappa shape index (κ2) is 6.60. The number of hydrogen-bond acceptors (Lipinski definition) is 4. The van der Waals surface area contributed by atoms with Gasteiger partial charge in [-0.2, -0.15) is 5.26 Å². The minimum Gasteiger partial charge on any atom is -0.447 e. The molecule has 0 aliphatic carbocycles. The monoisotopic (exact) mass is 341 g/mol. The van der Waals surface area contributed by atoms with Crippen molar-refractivity contribution in [2.75, 3.05) is 23.4 Å². The fourth-order valence-corrected chi connectivity index (χ4v) is 2.49. The normalized spacial score (nSPS) is 13.3. The number of ether oxygens (including phenoxy) is 1. The van der Waals surface area contributed by atoms with Gasteiger partial charge in [0.05, 0.1) is 17.1 Å². The third-order valence-electron chi connectivity index (χ3n) is 3.53. The molecular formula is C17H12ClN3O3. The lowest BCUT2D eigenvalue weighted by Gasteiger charge is -2.14. The van der Waals surface area contributed by atoms with Gasteiger partial charge in [-0.15, -0.1) is 0 Å². The van der Waals surface area contributed by atoms with Gasteiger partial charge in [-0.1, -0.05) is 17.7 Å². The Labute approximate surface area is 143 Å². The molecule has 1 N–H and O–H groups in total. The van der Waals surface area contributed by atoms with E-state index in [1.807, 2.05) is 6.07 Å². The van der Waals surface area contributed by atoms with Crippen molar-refractivity contribution >= 4 is 35.0 Å². The molecule has 0 aromatic heterocycles. The first-order valence-corrected chi connectivity index (χ1v) is 7.51. The highest BCUT2D eigenvalue weighted by Crippen LogP contribution is 2.22. The molecule has 6 nitrogen and oxygen atoms in total. The molecule has 2 amide bonds. The maximum absolute atomic E-state index is 12.4. The smallest absolute Gasteiger partial charge is 0.414 e. The molecule has 24 heavy (non-hydrogen) atoms. The van der Waals surface area contributed by atoms with E-state index in [0.717, 1.165) is 0 Å². The molecule has 0 saturated carbocycles. The zero-order valence-corrected chi connectivity index (χ0v) is 13.2. The molecule has 0 unspecified atom stereocenters. The molecule has 1 saturated heterocycles. The third-order valence-corrected chi connectivity index (χ3v) is 3.86. The van der Waals surface area contributed by atoms with Gasteiger partial charge < -0.3 is 10.1 Å². The van der Waals surface area contributed by atoms with Gasteiger partial charge in [0.1, 0.15) is 12.7 Å². The Kier molecular flexibility index (Phi) is 4.36. The average Bonchev–Trinajstić information content (AvgIpc) is 3.02. The number of nitrogens with one attached hydrogen (secondary N) is 1. The summed E-state index contributed by atoms with van der Waals surface area (Å²) >= 11 is 5.87. The minimum absolute atomic E-state index is 0.281. The highest BCUT2D eigenvalue weighted by atomic mass is 35.5. The maximum atomic E-state index is 12.4. The van der Waals surface area contributed by atoms with E-state index >= 15 is 0 Å². The lowest BCUT2D eigenvalue weighted by atomic mass is 10.1. The predicted molar refractivity (Wildman–Crippen MR) is 89.3 cm³/mol. The second-order valence-corrected chi connectivity index (χ2v) is 5.48. The molecule has 0 atom stereocenters. The van der Waals surface area contributed by atoms with Crippen LogP contribution in [0.4, 0.5) is 16.2 Å². The zero-order chi connectivity index (χ0) is 17.1. The lowest BCUT2D eigenvalue weighted by Crippen LogP contribution is -2.23. The second-order valence-electron chi connectivity index (χ2n) is 5.08. The Morgan fingerprint density at radius 1 is 1.29 bits per heavy atom. The van der Waals surface area contributed by atoms with Gasteiger partial charge in [0.15, 0.2) is 0 Å². The van der Waals surface area contributed by atoms with Crippen molar-refractivity contribution in [1.82, 2.24) is 0 Å². The van der Waals surface area contributed by atoms with Gasteiger partial charge in [-0.05, 0) is 36.4 Å². The molecule has 3 rings (SSSR count). The van der Waals surface area contributed by atoms with Crippen LogP contribution in [0.1, 0.15) is 15.9 Å². The fraction of sp³-hybridized carbons (Fsp3) is 0.118. The Morgan fingerprint density at radius 2 is 2.12 bits per heavy atom. The molecule has 1 aliphatic rings. The minimum atomic E-state index is -0.427. The summed E-state index contributed by atoms with van der Waals surface area (Å²) in [5, 5.41) is 12.0. The summed E-state index contributed by atoms with van der Waals surface area (Å²) < 4.78 is 4.90. The molecular weight excluding hydrogens is 330 g/mol. The van der Waals surface area contributed by atoms with E-state index in [1.165, 1.54) is 11.0 Å². The van der Waals surface area contributed by atoms with Crippen LogP contribution in [0.25, 0.3) is 0 Å². The van der Waals surface area contributed by atoms with Gasteiger partial charge in [0.2, 0.25) is 0 Å². The largest absolute Gasteiger partial charge is 0.447 e. The molecule has 120 valence electrons. The highest BCUT2D eigenvalue weighted by Gasteiger charge is 2.24. The number of halogens is 1. The van der Waals surface area contributed by atoms with Crippen molar-refractivity contribution in [3.63, 3.8) is 0 Å². The van der Waals surface area contributed by atoms with Crippen LogP contribution in [-0.4, -0.2) is 25.2 Å². The summed E-state index contributed by atoms with van der Waals surface area (Å²) in [6.45, 7) is 0.781. The van der Waals surface area contributed by atoms with E-state index in [-0.39, 0.29) is 11.5 Å². The lowest BCUT2D eigenvalue weighted by molar-refractivity contribution is 0.102. The molecule has 2 aromatic rings. The van der Waals surface area contributed by atoms with Crippen molar-refractivity contribution in [3.8, 4) is 6.07 Å². The highest BCUT2D eigenvalue weighted by molar-refractivity contribution is 6.31. The van der Waals surface area contributed by atoms with Crippen LogP contribution >= 0.6 is 11.6 Å². The van der Waals surface area contributed by atoms with Crippen molar-refractivity contribution in [2.45, 2.75) is 0 Å². The topological polar surface area (TPSA) is 82.4 Å². The van der Waals surface area contributed by atoms with E-state index < -0.39 is 6.09 Å². The number of carbonyl (C=O) groups excluding carboxylic acids is 2. The van der Waals surface area contributed by atoms with Crippen molar-refractivity contribution < 1.29 is 14.3 Å². The fourth-order valence-electron chi connectivity index (χ4n) is 2.33. The molecule has 0 radical (unpaired) electrons. The number of nitrogens with zero attached hydrogens (tertiary/aromatic N) is 2. The van der Waals surface area contributed by atoms with Crippen LogP contribution in [0.15, 0.2) is 42.5 Å². The van der Waals surface area contributed by atoms with Gasteiger partial charge in [0.25, 0.3) is 5.91 Å². The molecule has 1 fully saturated rings. The van der Waals surface area contributed by atoms with Crippen molar-refractivity contribution in [1.29, 1.82) is 5.26 Å². The third kappa shape index (κ3) is 3.16. The van der Waals surface area contributed by atoms with Gasteiger partial charge in [-0.3, -0.25) is 9.69 Å². The number of anilines is 2. The SMILES string of the molecule is N#Cc1cc(NC(=O)c2cccc(N3CCOC3=O)c2)ccc1Cl. The summed E-state index contributed by atoms with van der Waals surface area (Å²) in [4.78, 5) is 25.5. The van der Waals surface area contributed by atoms with Gasteiger partial charge in [-0.25, -0.2) is 4.79 Å². The summed E-state index contributed by atoms with van der Waals surface area (Å²) in [6, 6.07) is 13.3. The maximum Gasteiger partial charge on any atom is 0.414 e. The van der Waals surface area contributed by atoms with Crippen molar-refractivity contribution in [2.24, 2.45) is 0 Å². The molecule has 1 heterocycles. The van der Waals surface area contributed by atoms with Crippen LogP contribution in [-0.2, 0) is 4.74 Å². The molecule has 0 bridgehead atoms. The first-order valence-electron chi connectivity index (χ1n) is 7.14. The van der Waals surface area contributed by atoms with E-state index in [2.05, 4.69) is 5.32 Å². The summed E-state index contributed by atoms with van der Waals surface area (Å²) in [5.41, 5.74) is 1.73. The zero-order valence-electron chi connectivity index (χ0n) is 12.5. The number of nitriles is 1. The number of rotatable bonds is 3. The Bertz CT molecular complexity index is 860. The summed E-state index contributed by atoms with van der Waals surface area (Å²) in [7, 11) is 0. The van der Waals surface area contributed by atoms with Crippen LogP contribution in [0.2, 0.25) is 5.02 Å². The standard InChI is InChI=1S/C17H12ClN3O3/c18-15-5-4-13(8-12(15)10-19)20-16(22)11-2-1-3-14(9-11)21-6-7-24-17(21)23/h1-5,8-9H,6-7H2,(H,20,22). The molecule has 1 aliphatic heterocycles. The van der Waals surface area contributed by atoms with E-state index in [4.69, 9.17) is 21.6 Å². The summed E-state index contributed by atoms with van der Waals surface area (Å²) in [5.74, 6) is -0.351. The predicted octanol–water partition coefficient (Wildman–Crippen LogP) is 3.42. The number of amides is 2. The number of cyclic esters (lactones) is 1. The van der Waals surface area contributed by atoms with Crippen LogP contribution < -0.4 is 10.2 Å². The van der Waals surface area contributed by atoms with Crippen LogP contribution in [0, 0.1) is 11.3 Å². The molecule has 7 heteroatoms. The van der Waals surface area contributed by atoms with Crippen LogP contribution in [0.3, 0.4) is 0 Å². The Hall–Kier alpha value is -3.04. The Morgan fingerprint density at radius 3 is 2.83 bits per heavy atom. The number of carbonyl (C=O) groups is 2. The number of hydrogen-bond donors (Lipinski definition) is 1. The van der Waals surface area contributed by atoms with Crippen LogP contribution in [0.5, 0.6) is 0 Å². The molecule has 0 spiro atoms. The summed E-state index contributed by atoms with van der Waals surface area (Å²) in [6.07, 6.45) is -0.427. The van der Waals surface area contributed by atoms with E-state index in [0.29, 0.717) is 35.1 Å². The van der Waals surface area contributed by atoms with Gasteiger partial charge >= 0.3 is 6.09 Å².